The highest BCUT2D eigenvalue weighted by molar-refractivity contribution is 5.77. The number of hydrogen-bond donors (Lipinski definition) is 1. The molecule has 1 aromatic carbocycles. The largest absolute Gasteiger partial charge is 0.339 e. The van der Waals surface area contributed by atoms with Crippen LogP contribution in [0.5, 0.6) is 0 Å². The molecule has 1 aliphatic rings. The molecule has 1 aliphatic heterocycles. The van der Waals surface area contributed by atoms with Crippen molar-refractivity contribution < 1.29 is 9.32 Å². The second-order valence-electron chi connectivity index (χ2n) is 6.16. The number of hydrogen-bond acceptors (Lipinski definition) is 5. The number of likely N-dealkylation sites (tertiary alicyclic amines) is 1. The molecule has 2 heterocycles. The van der Waals surface area contributed by atoms with E-state index in [0.717, 1.165) is 38.2 Å². The minimum absolute atomic E-state index is 0.239. The van der Waals surface area contributed by atoms with Crippen LogP contribution >= 0.6 is 0 Å². The predicted molar refractivity (Wildman–Crippen MR) is 90.3 cm³/mol. The zero-order valence-corrected chi connectivity index (χ0v) is 14.1. The van der Waals surface area contributed by atoms with E-state index in [1.54, 1.807) is 0 Å². The zero-order chi connectivity index (χ0) is 16.8. The van der Waals surface area contributed by atoms with Crippen LogP contribution in [0.2, 0.25) is 0 Å². The van der Waals surface area contributed by atoms with Crippen LogP contribution in [0.15, 0.2) is 34.9 Å². The summed E-state index contributed by atoms with van der Waals surface area (Å²) in [5.74, 6) is 1.66. The van der Waals surface area contributed by atoms with Crippen molar-refractivity contribution in [3.8, 4) is 0 Å². The van der Waals surface area contributed by atoms with Gasteiger partial charge in [0.2, 0.25) is 11.8 Å². The number of nitrogens with one attached hydrogen (secondary N) is 1. The molecule has 6 heteroatoms. The first kappa shape index (κ1) is 16.6. The van der Waals surface area contributed by atoms with Crippen LogP contribution in [-0.4, -0.2) is 40.1 Å². The van der Waals surface area contributed by atoms with E-state index >= 15 is 0 Å². The van der Waals surface area contributed by atoms with E-state index in [1.165, 1.54) is 5.56 Å². The highest BCUT2D eigenvalue weighted by Gasteiger charge is 2.25. The summed E-state index contributed by atoms with van der Waals surface area (Å²) in [5, 5.41) is 7.48. The molecule has 128 valence electrons. The fourth-order valence-corrected chi connectivity index (χ4v) is 2.96. The molecular formula is C18H24N4O2. The maximum atomic E-state index is 12.1. The van der Waals surface area contributed by atoms with Crippen molar-refractivity contribution in [1.29, 1.82) is 0 Å². The first-order chi connectivity index (χ1) is 11.7. The Kier molecular flexibility index (Phi) is 5.59. The summed E-state index contributed by atoms with van der Waals surface area (Å²) in [7, 11) is 0. The molecule has 0 radical (unpaired) electrons. The van der Waals surface area contributed by atoms with E-state index in [2.05, 4.69) is 27.6 Å². The van der Waals surface area contributed by atoms with Gasteiger partial charge < -0.3 is 14.7 Å². The van der Waals surface area contributed by atoms with Crippen molar-refractivity contribution in [3.05, 3.63) is 47.6 Å². The van der Waals surface area contributed by atoms with Gasteiger partial charge in [0.15, 0.2) is 5.82 Å². The molecule has 0 aliphatic carbocycles. The molecule has 3 rings (SSSR count). The Balaban J connectivity index is 1.47. The van der Waals surface area contributed by atoms with Crippen molar-refractivity contribution in [2.75, 3.05) is 13.1 Å². The molecule has 6 nitrogen and oxygen atoms in total. The van der Waals surface area contributed by atoms with Gasteiger partial charge in [0, 0.05) is 44.9 Å². The maximum absolute atomic E-state index is 12.1. The summed E-state index contributed by atoms with van der Waals surface area (Å²) in [6.45, 7) is 4.22. The lowest BCUT2D eigenvalue weighted by Crippen LogP contribution is -2.48. The van der Waals surface area contributed by atoms with Gasteiger partial charge in [-0.25, -0.2) is 0 Å². The van der Waals surface area contributed by atoms with Gasteiger partial charge in [0.25, 0.3) is 0 Å². The van der Waals surface area contributed by atoms with E-state index in [4.69, 9.17) is 4.52 Å². The fourth-order valence-electron chi connectivity index (χ4n) is 2.96. The molecule has 1 amide bonds. The van der Waals surface area contributed by atoms with Gasteiger partial charge in [0.05, 0.1) is 0 Å². The quantitative estimate of drug-likeness (QED) is 0.841. The third kappa shape index (κ3) is 4.41. The van der Waals surface area contributed by atoms with Gasteiger partial charge in [-0.2, -0.15) is 4.98 Å². The second-order valence-corrected chi connectivity index (χ2v) is 6.16. The van der Waals surface area contributed by atoms with Crippen molar-refractivity contribution in [2.45, 2.75) is 45.2 Å². The molecule has 1 N–H and O–H groups in total. The van der Waals surface area contributed by atoms with Gasteiger partial charge in [-0.3, -0.25) is 4.79 Å². The van der Waals surface area contributed by atoms with Crippen LogP contribution < -0.4 is 5.32 Å². The number of aryl methyl sites for hydroxylation is 1. The number of rotatable bonds is 7. The van der Waals surface area contributed by atoms with Gasteiger partial charge in [-0.1, -0.05) is 42.4 Å². The van der Waals surface area contributed by atoms with Gasteiger partial charge >= 0.3 is 0 Å². The lowest BCUT2D eigenvalue weighted by atomic mass is 10.0. The molecule has 1 saturated heterocycles. The van der Waals surface area contributed by atoms with Crippen LogP contribution in [0, 0.1) is 0 Å². The van der Waals surface area contributed by atoms with Crippen molar-refractivity contribution in [2.24, 2.45) is 0 Å². The molecule has 2 aromatic rings. The first-order valence-electron chi connectivity index (χ1n) is 8.61. The average molecular weight is 328 g/mol. The summed E-state index contributed by atoms with van der Waals surface area (Å²) >= 11 is 0. The Labute approximate surface area is 142 Å². The van der Waals surface area contributed by atoms with Crippen LogP contribution in [0.25, 0.3) is 0 Å². The Morgan fingerprint density at radius 2 is 2.17 bits per heavy atom. The van der Waals surface area contributed by atoms with Crippen molar-refractivity contribution in [3.63, 3.8) is 0 Å². The van der Waals surface area contributed by atoms with Crippen LogP contribution in [0.1, 0.15) is 37.0 Å². The van der Waals surface area contributed by atoms with Crippen LogP contribution in [-0.2, 0) is 24.2 Å². The number of aromatic nitrogens is 2. The van der Waals surface area contributed by atoms with Crippen molar-refractivity contribution in [1.82, 2.24) is 20.4 Å². The smallest absolute Gasteiger partial charge is 0.226 e. The number of piperidine rings is 1. The highest BCUT2D eigenvalue weighted by atomic mass is 16.5. The Morgan fingerprint density at radius 1 is 1.33 bits per heavy atom. The number of nitrogens with zero attached hydrogens (tertiary/aromatic N) is 3. The Hall–Kier alpha value is -2.21. The van der Waals surface area contributed by atoms with Gasteiger partial charge in [0.1, 0.15) is 0 Å². The molecule has 0 unspecified atom stereocenters. The van der Waals surface area contributed by atoms with E-state index in [0.29, 0.717) is 24.9 Å². The number of benzene rings is 1. The molecule has 0 bridgehead atoms. The molecule has 1 fully saturated rings. The highest BCUT2D eigenvalue weighted by Crippen LogP contribution is 2.15. The lowest BCUT2D eigenvalue weighted by molar-refractivity contribution is -0.134. The van der Waals surface area contributed by atoms with Crippen molar-refractivity contribution >= 4 is 5.91 Å². The summed E-state index contributed by atoms with van der Waals surface area (Å²) in [6, 6.07) is 10.5. The third-order valence-electron chi connectivity index (χ3n) is 4.31. The second kappa shape index (κ2) is 8.06. The zero-order valence-electron chi connectivity index (χ0n) is 14.1. The number of carbonyl (C=O) groups is 1. The molecule has 0 spiro atoms. The van der Waals surface area contributed by atoms with E-state index in [9.17, 15) is 4.79 Å². The minimum Gasteiger partial charge on any atom is -0.339 e. The van der Waals surface area contributed by atoms with Crippen LogP contribution in [0.3, 0.4) is 0 Å². The van der Waals surface area contributed by atoms with Crippen LogP contribution in [0.4, 0.5) is 0 Å². The standard InChI is InChI=1S/C18H24N4O2/c1-2-17-20-16(21-24-17)10-11-19-15-8-9-18(23)22(13-15)12-14-6-4-3-5-7-14/h3-7,15,19H,2,8-13H2,1H3/t15-/m1/s1. The topological polar surface area (TPSA) is 71.3 Å². The monoisotopic (exact) mass is 328 g/mol. The third-order valence-corrected chi connectivity index (χ3v) is 4.31. The maximum Gasteiger partial charge on any atom is 0.226 e. The van der Waals surface area contributed by atoms with E-state index in [1.807, 2.05) is 30.0 Å². The Morgan fingerprint density at radius 3 is 2.92 bits per heavy atom. The summed E-state index contributed by atoms with van der Waals surface area (Å²) in [5.41, 5.74) is 1.17. The molecule has 1 atom stereocenters. The molecule has 24 heavy (non-hydrogen) atoms. The molecular weight excluding hydrogens is 304 g/mol. The number of carbonyl (C=O) groups excluding carboxylic acids is 1. The first-order valence-corrected chi connectivity index (χ1v) is 8.61. The predicted octanol–water partition coefficient (Wildman–Crippen LogP) is 1.96. The Bertz CT molecular complexity index is 656. The normalized spacial score (nSPS) is 18.1. The van der Waals surface area contributed by atoms with Gasteiger partial charge in [-0.15, -0.1) is 0 Å². The summed E-state index contributed by atoms with van der Waals surface area (Å²) < 4.78 is 5.11. The van der Waals surface area contributed by atoms with E-state index in [-0.39, 0.29) is 5.91 Å². The average Bonchev–Trinajstić information content (AvgIpc) is 3.07. The fraction of sp³-hybridized carbons (Fsp3) is 0.500. The summed E-state index contributed by atoms with van der Waals surface area (Å²) in [6.07, 6.45) is 3.00. The molecule has 1 aromatic heterocycles. The SMILES string of the molecule is CCc1nc(CCN[C@@H]2CCC(=O)N(Cc3ccccc3)C2)no1. The van der Waals surface area contributed by atoms with Gasteiger partial charge in [-0.05, 0) is 12.0 Å². The lowest BCUT2D eigenvalue weighted by Gasteiger charge is -2.33. The molecule has 0 saturated carbocycles. The van der Waals surface area contributed by atoms with E-state index < -0.39 is 0 Å². The minimum atomic E-state index is 0.239. The summed E-state index contributed by atoms with van der Waals surface area (Å²) in [4.78, 5) is 18.4. The number of amides is 1.